The Morgan fingerprint density at radius 1 is 1.47 bits per heavy atom. The lowest BCUT2D eigenvalue weighted by Crippen LogP contribution is -2.39. The molecule has 0 spiro atoms. The Labute approximate surface area is 100 Å². The first-order chi connectivity index (χ1) is 8.25. The fraction of sp³-hybridized carbons (Fsp3) is 0.462. The van der Waals surface area contributed by atoms with E-state index in [0.717, 1.165) is 12.1 Å². The predicted octanol–water partition coefficient (Wildman–Crippen LogP) is 0.811. The van der Waals surface area contributed by atoms with E-state index in [0.29, 0.717) is 6.61 Å². The molecule has 0 bridgehead atoms. The first-order valence-corrected chi connectivity index (χ1v) is 5.82. The molecule has 1 aromatic rings. The molecule has 1 aromatic carbocycles. The molecule has 2 saturated heterocycles. The number of esters is 1. The summed E-state index contributed by atoms with van der Waals surface area (Å²) >= 11 is 0. The number of rotatable bonds is 3. The van der Waals surface area contributed by atoms with Crippen LogP contribution in [0.4, 0.5) is 0 Å². The molecule has 0 radical (unpaired) electrons. The van der Waals surface area contributed by atoms with Gasteiger partial charge in [-0.15, -0.1) is 0 Å². The van der Waals surface area contributed by atoms with Crippen molar-refractivity contribution in [3.8, 4) is 0 Å². The number of carbonyl (C=O) groups excluding carboxylic acids is 1. The van der Waals surface area contributed by atoms with E-state index < -0.39 is 0 Å². The summed E-state index contributed by atoms with van der Waals surface area (Å²) in [6.45, 7) is 1.16. The third-order valence-electron chi connectivity index (χ3n) is 3.34. The van der Waals surface area contributed by atoms with Gasteiger partial charge in [-0.05, 0) is 12.6 Å². The predicted molar refractivity (Wildman–Crippen MR) is 61.3 cm³/mol. The summed E-state index contributed by atoms with van der Waals surface area (Å²) in [6, 6.07) is 9.49. The van der Waals surface area contributed by atoms with Crippen molar-refractivity contribution in [2.24, 2.45) is 0 Å². The molecule has 2 aliphatic heterocycles. The van der Waals surface area contributed by atoms with E-state index in [4.69, 9.17) is 9.47 Å². The van der Waals surface area contributed by atoms with Crippen molar-refractivity contribution >= 4 is 5.97 Å². The summed E-state index contributed by atoms with van der Waals surface area (Å²) in [7, 11) is 1.93. The Balaban J connectivity index is 1.57. The van der Waals surface area contributed by atoms with Crippen LogP contribution in [-0.2, 0) is 20.9 Å². The number of ether oxygens (including phenoxy) is 2. The molecule has 0 N–H and O–H groups in total. The van der Waals surface area contributed by atoms with Gasteiger partial charge in [0.2, 0.25) is 0 Å². The van der Waals surface area contributed by atoms with Gasteiger partial charge in [-0.1, -0.05) is 30.3 Å². The Bertz CT molecular complexity index is 418. The zero-order valence-corrected chi connectivity index (χ0v) is 9.70. The van der Waals surface area contributed by atoms with Crippen LogP contribution < -0.4 is 0 Å². The van der Waals surface area contributed by atoms with Crippen LogP contribution >= 0.6 is 0 Å². The third kappa shape index (κ3) is 2.06. The Kier molecular flexibility index (Phi) is 2.61. The number of fused-ring (bicyclic) bond motifs is 1. The van der Waals surface area contributed by atoms with Gasteiger partial charge < -0.3 is 9.47 Å². The zero-order valence-electron chi connectivity index (χ0n) is 9.70. The van der Waals surface area contributed by atoms with Crippen LogP contribution in [0.2, 0.25) is 0 Å². The number of hydrogen-bond donors (Lipinski definition) is 0. The summed E-state index contributed by atoms with van der Waals surface area (Å²) in [6.07, 6.45) is 0.303. The van der Waals surface area contributed by atoms with Crippen molar-refractivity contribution in [2.45, 2.75) is 24.9 Å². The molecule has 90 valence electrons. The molecule has 2 fully saturated rings. The van der Waals surface area contributed by atoms with Crippen molar-refractivity contribution in [3.63, 3.8) is 0 Å². The van der Waals surface area contributed by atoms with Crippen molar-refractivity contribution in [3.05, 3.63) is 35.9 Å². The summed E-state index contributed by atoms with van der Waals surface area (Å²) < 4.78 is 10.7. The quantitative estimate of drug-likeness (QED) is 0.572. The van der Waals surface area contributed by atoms with Crippen LogP contribution in [0.5, 0.6) is 0 Å². The maximum absolute atomic E-state index is 11.9. The molecule has 3 atom stereocenters. The molecule has 2 aliphatic rings. The second-order valence-electron chi connectivity index (χ2n) is 4.62. The van der Waals surface area contributed by atoms with E-state index in [-0.39, 0.29) is 24.2 Å². The molecule has 3 rings (SSSR count). The number of carbonyl (C=O) groups is 1. The molecule has 4 nitrogen and oxygen atoms in total. The molecule has 0 saturated carbocycles. The Hall–Kier alpha value is -1.39. The van der Waals surface area contributed by atoms with Crippen molar-refractivity contribution in [2.75, 3.05) is 13.6 Å². The van der Waals surface area contributed by atoms with E-state index >= 15 is 0 Å². The highest BCUT2D eigenvalue weighted by Gasteiger charge is 2.57. The SMILES string of the molecule is CN1C[C@H]2O[C@H]2[C@H]1C(=O)OCc1ccccc1. The topological polar surface area (TPSA) is 42.1 Å². The van der Waals surface area contributed by atoms with Crippen LogP contribution in [0, 0.1) is 0 Å². The van der Waals surface area contributed by atoms with Crippen LogP contribution in [0.3, 0.4) is 0 Å². The van der Waals surface area contributed by atoms with E-state index in [1.165, 1.54) is 0 Å². The largest absolute Gasteiger partial charge is 0.460 e. The molecular weight excluding hydrogens is 218 g/mol. The Morgan fingerprint density at radius 2 is 2.24 bits per heavy atom. The standard InChI is InChI=1S/C13H15NO3/c1-14-7-10-12(17-10)11(14)13(15)16-8-9-5-3-2-4-6-9/h2-6,10-12H,7-8H2,1H3/t10-,11+,12-/m1/s1. The lowest BCUT2D eigenvalue weighted by atomic mass is 10.2. The first-order valence-electron chi connectivity index (χ1n) is 5.82. The highest BCUT2D eigenvalue weighted by atomic mass is 16.6. The molecular formula is C13H15NO3. The van der Waals surface area contributed by atoms with Crippen LogP contribution in [0.15, 0.2) is 30.3 Å². The number of likely N-dealkylation sites (N-methyl/N-ethyl adjacent to an activating group) is 1. The molecule has 0 unspecified atom stereocenters. The normalized spacial score (nSPS) is 31.0. The summed E-state index contributed by atoms with van der Waals surface area (Å²) in [5, 5.41) is 0. The van der Waals surface area contributed by atoms with E-state index in [1.54, 1.807) is 0 Å². The highest BCUT2D eigenvalue weighted by molar-refractivity contribution is 5.78. The molecule has 0 aromatic heterocycles. The molecule has 17 heavy (non-hydrogen) atoms. The van der Waals surface area contributed by atoms with E-state index in [9.17, 15) is 4.79 Å². The van der Waals surface area contributed by atoms with Gasteiger partial charge in [-0.3, -0.25) is 9.69 Å². The minimum atomic E-state index is -0.219. The maximum Gasteiger partial charge on any atom is 0.326 e. The Morgan fingerprint density at radius 3 is 2.88 bits per heavy atom. The van der Waals surface area contributed by atoms with Gasteiger partial charge in [-0.25, -0.2) is 0 Å². The van der Waals surface area contributed by atoms with Crippen LogP contribution in [-0.4, -0.2) is 42.7 Å². The van der Waals surface area contributed by atoms with E-state index in [1.807, 2.05) is 42.3 Å². The third-order valence-corrected chi connectivity index (χ3v) is 3.34. The number of epoxide rings is 1. The molecule has 2 heterocycles. The molecule has 4 heteroatoms. The van der Waals surface area contributed by atoms with Gasteiger partial charge in [-0.2, -0.15) is 0 Å². The van der Waals surface area contributed by atoms with Gasteiger partial charge >= 0.3 is 5.97 Å². The molecule has 0 aliphatic carbocycles. The number of nitrogens with zero attached hydrogens (tertiary/aromatic N) is 1. The minimum Gasteiger partial charge on any atom is -0.460 e. The van der Waals surface area contributed by atoms with Crippen LogP contribution in [0.25, 0.3) is 0 Å². The van der Waals surface area contributed by atoms with Gasteiger partial charge in [0, 0.05) is 6.54 Å². The fourth-order valence-corrected chi connectivity index (χ4v) is 2.36. The van der Waals surface area contributed by atoms with Crippen LogP contribution in [0.1, 0.15) is 5.56 Å². The number of benzene rings is 1. The minimum absolute atomic E-state index is 0.0586. The van der Waals surface area contributed by atoms with Crippen molar-refractivity contribution in [1.29, 1.82) is 0 Å². The second kappa shape index (κ2) is 4.13. The first kappa shape index (κ1) is 10.7. The average Bonchev–Trinajstić information content (AvgIpc) is 3.00. The number of morpholine rings is 1. The average molecular weight is 233 g/mol. The van der Waals surface area contributed by atoms with E-state index in [2.05, 4.69) is 0 Å². The fourth-order valence-electron chi connectivity index (χ4n) is 2.36. The lowest BCUT2D eigenvalue weighted by Gasteiger charge is -2.20. The second-order valence-corrected chi connectivity index (χ2v) is 4.62. The monoisotopic (exact) mass is 233 g/mol. The zero-order chi connectivity index (χ0) is 11.8. The highest BCUT2D eigenvalue weighted by Crippen LogP contribution is 2.35. The van der Waals surface area contributed by atoms with Crippen molar-refractivity contribution < 1.29 is 14.3 Å². The summed E-state index contributed by atoms with van der Waals surface area (Å²) in [5.41, 5.74) is 1.01. The summed E-state index contributed by atoms with van der Waals surface area (Å²) in [4.78, 5) is 13.9. The number of hydrogen-bond acceptors (Lipinski definition) is 4. The van der Waals surface area contributed by atoms with Gasteiger partial charge in [0.1, 0.15) is 18.8 Å². The van der Waals surface area contributed by atoms with Gasteiger partial charge in [0.25, 0.3) is 0 Å². The smallest absolute Gasteiger partial charge is 0.326 e. The lowest BCUT2D eigenvalue weighted by molar-refractivity contribution is -0.151. The van der Waals surface area contributed by atoms with Crippen molar-refractivity contribution in [1.82, 2.24) is 4.90 Å². The molecule has 0 amide bonds. The van der Waals surface area contributed by atoms with Gasteiger partial charge in [0.05, 0.1) is 6.10 Å². The number of likely N-dealkylation sites (tertiary alicyclic amines) is 1. The maximum atomic E-state index is 11.9. The van der Waals surface area contributed by atoms with Gasteiger partial charge in [0.15, 0.2) is 0 Å². The summed E-state index contributed by atoms with van der Waals surface area (Å²) in [5.74, 6) is -0.179.